The van der Waals surface area contributed by atoms with Crippen LogP contribution in [0.5, 0.6) is 11.5 Å². The van der Waals surface area contributed by atoms with Gasteiger partial charge in [0.1, 0.15) is 19.0 Å². The summed E-state index contributed by atoms with van der Waals surface area (Å²) in [6.45, 7) is 3.18. The van der Waals surface area contributed by atoms with E-state index >= 15 is 0 Å². The van der Waals surface area contributed by atoms with E-state index in [2.05, 4.69) is 16.0 Å². The lowest BCUT2D eigenvalue weighted by atomic mass is 10.1. The summed E-state index contributed by atoms with van der Waals surface area (Å²) in [6.07, 6.45) is 2.13. The molecule has 134 valence electrons. The molecule has 0 atom stereocenters. The maximum atomic E-state index is 6.51. The van der Waals surface area contributed by atoms with Crippen LogP contribution in [0, 0.1) is 0 Å². The first-order valence-corrected chi connectivity index (χ1v) is 9.46. The average molecular weight is 370 g/mol. The van der Waals surface area contributed by atoms with E-state index in [1.54, 1.807) is 0 Å². The number of piperidine rings is 1. The molecule has 0 unspecified atom stereocenters. The normalized spacial score (nSPS) is 17.6. The van der Waals surface area contributed by atoms with E-state index in [0.717, 1.165) is 64.9 Å². The van der Waals surface area contributed by atoms with E-state index in [1.165, 1.54) is 0 Å². The fourth-order valence-corrected chi connectivity index (χ4v) is 4.12. The molecule has 6 heteroatoms. The molecule has 2 aromatic carbocycles. The number of aromatic nitrogens is 2. The van der Waals surface area contributed by atoms with Gasteiger partial charge in [-0.2, -0.15) is 0 Å². The first kappa shape index (κ1) is 16.0. The fraction of sp³-hybridized carbons (Fsp3) is 0.350. The first-order valence-electron chi connectivity index (χ1n) is 9.08. The number of fused-ring (bicyclic) bond motifs is 2. The van der Waals surface area contributed by atoms with Gasteiger partial charge < -0.3 is 19.4 Å². The number of nitrogens with one attached hydrogen (secondary N) is 1. The van der Waals surface area contributed by atoms with Crippen molar-refractivity contribution in [2.75, 3.05) is 26.3 Å². The third-order valence-electron chi connectivity index (χ3n) is 5.14. The zero-order chi connectivity index (χ0) is 17.5. The van der Waals surface area contributed by atoms with Crippen molar-refractivity contribution in [2.24, 2.45) is 0 Å². The molecule has 1 saturated heterocycles. The highest BCUT2D eigenvalue weighted by Crippen LogP contribution is 2.40. The van der Waals surface area contributed by atoms with Gasteiger partial charge in [0.15, 0.2) is 11.5 Å². The van der Waals surface area contributed by atoms with E-state index in [-0.39, 0.29) is 0 Å². The van der Waals surface area contributed by atoms with E-state index in [0.29, 0.717) is 19.3 Å². The fourth-order valence-electron chi connectivity index (χ4n) is 3.90. The third-order valence-corrected chi connectivity index (χ3v) is 5.47. The molecule has 5 rings (SSSR count). The van der Waals surface area contributed by atoms with Crippen LogP contribution in [0.1, 0.15) is 18.9 Å². The number of rotatable bonds is 2. The standard InChI is InChI=1S/C20H20ClN3O2/c21-15-4-2-1-3-14(15)20-23-16-11-18-19(26-10-9-25-18)12-17(16)24(20)13-5-7-22-8-6-13/h1-4,11-13,22H,5-10H2. The number of halogens is 1. The third kappa shape index (κ3) is 2.63. The molecule has 0 amide bonds. The van der Waals surface area contributed by atoms with Crippen LogP contribution in [0.25, 0.3) is 22.4 Å². The van der Waals surface area contributed by atoms with Crippen molar-refractivity contribution in [2.45, 2.75) is 18.9 Å². The molecule has 0 bridgehead atoms. The van der Waals surface area contributed by atoms with E-state index in [1.807, 2.05) is 30.3 Å². The molecule has 26 heavy (non-hydrogen) atoms. The van der Waals surface area contributed by atoms with Gasteiger partial charge in [-0.25, -0.2) is 4.98 Å². The van der Waals surface area contributed by atoms with E-state index in [9.17, 15) is 0 Å². The lowest BCUT2D eigenvalue weighted by molar-refractivity contribution is 0.172. The van der Waals surface area contributed by atoms with Gasteiger partial charge >= 0.3 is 0 Å². The summed E-state index contributed by atoms with van der Waals surface area (Å²) in [4.78, 5) is 4.95. The molecule has 2 aliphatic rings. The zero-order valence-electron chi connectivity index (χ0n) is 14.4. The molecule has 2 aliphatic heterocycles. The SMILES string of the molecule is Clc1ccccc1-c1nc2cc3c(cc2n1C1CCNCC1)OCCO3. The predicted molar refractivity (Wildman–Crippen MR) is 102 cm³/mol. The summed E-state index contributed by atoms with van der Waals surface area (Å²) < 4.78 is 13.9. The molecule has 0 saturated carbocycles. The van der Waals surface area contributed by atoms with Crippen molar-refractivity contribution < 1.29 is 9.47 Å². The highest BCUT2D eigenvalue weighted by atomic mass is 35.5. The molecule has 5 nitrogen and oxygen atoms in total. The van der Waals surface area contributed by atoms with Crippen LogP contribution in [0.15, 0.2) is 36.4 Å². The molecule has 1 N–H and O–H groups in total. The monoisotopic (exact) mass is 369 g/mol. The van der Waals surface area contributed by atoms with Crippen LogP contribution >= 0.6 is 11.6 Å². The summed E-state index contributed by atoms with van der Waals surface area (Å²) >= 11 is 6.51. The van der Waals surface area contributed by atoms with E-state index in [4.69, 9.17) is 26.1 Å². The van der Waals surface area contributed by atoms with Gasteiger partial charge in [-0.05, 0) is 38.1 Å². The van der Waals surface area contributed by atoms with Gasteiger partial charge in [-0.3, -0.25) is 0 Å². The quantitative estimate of drug-likeness (QED) is 0.740. The lowest BCUT2D eigenvalue weighted by Gasteiger charge is -2.27. The molecule has 0 spiro atoms. The smallest absolute Gasteiger partial charge is 0.163 e. The number of benzene rings is 2. The highest BCUT2D eigenvalue weighted by Gasteiger charge is 2.25. The second-order valence-corrected chi connectivity index (χ2v) is 7.16. The Morgan fingerprint density at radius 3 is 2.54 bits per heavy atom. The predicted octanol–water partition coefficient (Wildman–Crippen LogP) is 4.05. The van der Waals surface area contributed by atoms with Crippen LogP contribution in [0.4, 0.5) is 0 Å². The Hall–Kier alpha value is -2.24. The van der Waals surface area contributed by atoms with Crippen LogP contribution < -0.4 is 14.8 Å². The van der Waals surface area contributed by atoms with Gasteiger partial charge in [0.2, 0.25) is 0 Å². The lowest BCUT2D eigenvalue weighted by Crippen LogP contribution is -2.29. The van der Waals surface area contributed by atoms with E-state index < -0.39 is 0 Å². The molecular formula is C20H20ClN3O2. The Bertz CT molecular complexity index is 963. The number of nitrogens with zero attached hydrogens (tertiary/aromatic N) is 2. The zero-order valence-corrected chi connectivity index (χ0v) is 15.1. The van der Waals surface area contributed by atoms with Crippen molar-refractivity contribution in [1.82, 2.24) is 14.9 Å². The Morgan fingerprint density at radius 1 is 1.04 bits per heavy atom. The van der Waals surface area contributed by atoms with Gasteiger partial charge in [-0.1, -0.05) is 23.7 Å². The topological polar surface area (TPSA) is 48.3 Å². The Balaban J connectivity index is 1.75. The molecule has 0 radical (unpaired) electrons. The van der Waals surface area contributed by atoms with Crippen LogP contribution in [0.2, 0.25) is 5.02 Å². The molecule has 0 aliphatic carbocycles. The number of hydrogen-bond donors (Lipinski definition) is 1. The van der Waals surface area contributed by atoms with Crippen molar-refractivity contribution in [3.63, 3.8) is 0 Å². The average Bonchev–Trinajstić information content (AvgIpc) is 3.05. The second-order valence-electron chi connectivity index (χ2n) is 6.75. The molecule has 1 fully saturated rings. The number of imidazole rings is 1. The van der Waals surface area contributed by atoms with Gasteiger partial charge in [0.25, 0.3) is 0 Å². The van der Waals surface area contributed by atoms with Gasteiger partial charge in [0.05, 0.1) is 16.1 Å². The second kappa shape index (κ2) is 6.49. The first-order chi connectivity index (χ1) is 12.8. The van der Waals surface area contributed by atoms with Crippen molar-refractivity contribution in [3.8, 4) is 22.9 Å². The van der Waals surface area contributed by atoms with Crippen LogP contribution in [0.3, 0.4) is 0 Å². The van der Waals surface area contributed by atoms with Crippen molar-refractivity contribution in [3.05, 3.63) is 41.4 Å². The summed E-state index contributed by atoms with van der Waals surface area (Å²) in [5.74, 6) is 2.48. The van der Waals surface area contributed by atoms with Crippen LogP contribution in [-0.2, 0) is 0 Å². The maximum Gasteiger partial charge on any atom is 0.163 e. The molecule has 1 aromatic heterocycles. The largest absolute Gasteiger partial charge is 0.486 e. The minimum absolute atomic E-state index is 0.384. The molecule has 3 heterocycles. The van der Waals surface area contributed by atoms with Gasteiger partial charge in [-0.15, -0.1) is 0 Å². The minimum atomic E-state index is 0.384. The summed E-state index contributed by atoms with van der Waals surface area (Å²) in [5.41, 5.74) is 2.96. The van der Waals surface area contributed by atoms with Crippen LogP contribution in [-0.4, -0.2) is 35.9 Å². The Kier molecular flexibility index (Phi) is 3.98. The number of hydrogen-bond acceptors (Lipinski definition) is 4. The summed E-state index contributed by atoms with van der Waals surface area (Å²) in [7, 11) is 0. The van der Waals surface area contributed by atoms with Crippen molar-refractivity contribution in [1.29, 1.82) is 0 Å². The highest BCUT2D eigenvalue weighted by molar-refractivity contribution is 6.33. The van der Waals surface area contributed by atoms with Crippen molar-refractivity contribution >= 4 is 22.6 Å². The minimum Gasteiger partial charge on any atom is -0.486 e. The van der Waals surface area contributed by atoms with Gasteiger partial charge in [0, 0.05) is 23.7 Å². The maximum absolute atomic E-state index is 6.51. The molecular weight excluding hydrogens is 350 g/mol. The Morgan fingerprint density at radius 2 is 1.77 bits per heavy atom. The molecule has 3 aromatic rings. The Labute approximate surface area is 156 Å². The summed E-state index contributed by atoms with van der Waals surface area (Å²) in [6, 6.07) is 12.3. The summed E-state index contributed by atoms with van der Waals surface area (Å²) in [5, 5.41) is 4.16. The number of ether oxygens (including phenoxy) is 2.